The van der Waals surface area contributed by atoms with Crippen LogP contribution < -0.4 is 5.73 Å². The molecule has 1 heterocycles. The van der Waals surface area contributed by atoms with Gasteiger partial charge in [-0.1, -0.05) is 6.42 Å². The summed E-state index contributed by atoms with van der Waals surface area (Å²) in [6.45, 7) is 2.61. The molecule has 1 saturated carbocycles. The van der Waals surface area contributed by atoms with Gasteiger partial charge in [0.2, 0.25) is 0 Å². The highest BCUT2D eigenvalue weighted by molar-refractivity contribution is 5.84. The van der Waals surface area contributed by atoms with Crippen LogP contribution in [0.15, 0.2) is 0 Å². The summed E-state index contributed by atoms with van der Waals surface area (Å²) in [4.78, 5) is 15.6. The number of nitrogens with two attached hydrogens (primary N) is 1. The Bertz CT molecular complexity index is 378. The van der Waals surface area contributed by atoms with Crippen LogP contribution in [0.3, 0.4) is 0 Å². The number of carbonyl (C=O) groups is 1. The van der Waals surface area contributed by atoms with E-state index in [0.29, 0.717) is 19.0 Å². The van der Waals surface area contributed by atoms with E-state index in [0.717, 1.165) is 19.3 Å². The highest BCUT2D eigenvalue weighted by Gasteiger charge is 2.40. The number of rotatable bonds is 4. The molecule has 0 spiro atoms. The molecule has 0 atom stereocenters. The molecule has 2 rings (SSSR count). The van der Waals surface area contributed by atoms with E-state index in [-0.39, 0.29) is 11.2 Å². The number of esters is 1. The standard InChI is InChI=1S/C10H16N4O2/c1-2-16-8(15)7-12-9(14-13-7)10(6-11)4-3-5-10/h2-6,11H2,1H3,(H,12,13,14). The highest BCUT2D eigenvalue weighted by atomic mass is 16.5. The zero-order chi connectivity index (χ0) is 11.6. The van der Waals surface area contributed by atoms with Crippen molar-refractivity contribution in [3.05, 3.63) is 11.6 Å². The zero-order valence-electron chi connectivity index (χ0n) is 9.32. The van der Waals surface area contributed by atoms with Gasteiger partial charge in [0.1, 0.15) is 5.82 Å². The molecule has 6 heteroatoms. The van der Waals surface area contributed by atoms with Crippen molar-refractivity contribution >= 4 is 5.97 Å². The number of hydrogen-bond acceptors (Lipinski definition) is 5. The van der Waals surface area contributed by atoms with Gasteiger partial charge in [-0.3, -0.25) is 5.10 Å². The normalized spacial score (nSPS) is 17.9. The van der Waals surface area contributed by atoms with Crippen molar-refractivity contribution < 1.29 is 9.53 Å². The first-order valence-electron chi connectivity index (χ1n) is 5.52. The topological polar surface area (TPSA) is 93.9 Å². The van der Waals surface area contributed by atoms with Gasteiger partial charge in [0, 0.05) is 12.0 Å². The van der Waals surface area contributed by atoms with Gasteiger partial charge in [-0.25, -0.2) is 9.78 Å². The summed E-state index contributed by atoms with van der Waals surface area (Å²) in [6.07, 6.45) is 3.15. The number of hydrogen-bond donors (Lipinski definition) is 2. The second-order valence-corrected chi connectivity index (χ2v) is 4.07. The Balaban J connectivity index is 2.16. The maximum atomic E-state index is 11.4. The molecule has 3 N–H and O–H groups in total. The average molecular weight is 224 g/mol. The summed E-state index contributed by atoms with van der Waals surface area (Å²) in [6, 6.07) is 0. The van der Waals surface area contributed by atoms with Crippen LogP contribution in [-0.4, -0.2) is 34.3 Å². The lowest BCUT2D eigenvalue weighted by Gasteiger charge is -2.38. The molecule has 0 amide bonds. The summed E-state index contributed by atoms with van der Waals surface area (Å²) >= 11 is 0. The van der Waals surface area contributed by atoms with E-state index in [9.17, 15) is 4.79 Å². The molecule has 0 unspecified atom stereocenters. The molecular weight excluding hydrogens is 208 g/mol. The number of nitrogens with one attached hydrogen (secondary N) is 1. The molecule has 0 bridgehead atoms. The summed E-state index contributed by atoms with van der Waals surface area (Å²) in [7, 11) is 0. The minimum atomic E-state index is -0.489. The minimum absolute atomic E-state index is 0.0941. The predicted octanol–water partition coefficient (Wildman–Crippen LogP) is 0.362. The monoisotopic (exact) mass is 224 g/mol. The Hall–Kier alpha value is -1.43. The van der Waals surface area contributed by atoms with Crippen LogP contribution >= 0.6 is 0 Å². The summed E-state index contributed by atoms with van der Waals surface area (Å²) < 4.78 is 4.82. The van der Waals surface area contributed by atoms with Gasteiger partial charge in [-0.05, 0) is 19.8 Å². The third-order valence-corrected chi connectivity index (χ3v) is 3.15. The molecule has 0 saturated heterocycles. The molecule has 88 valence electrons. The van der Waals surface area contributed by atoms with Gasteiger partial charge in [0.15, 0.2) is 0 Å². The lowest BCUT2D eigenvalue weighted by Crippen LogP contribution is -2.42. The molecule has 6 nitrogen and oxygen atoms in total. The SMILES string of the molecule is CCOC(=O)c1n[nH]c(C2(CN)CCC2)n1. The van der Waals surface area contributed by atoms with Crippen molar-refractivity contribution in [1.82, 2.24) is 15.2 Å². The summed E-state index contributed by atoms with van der Waals surface area (Å²) in [5.41, 5.74) is 5.64. The van der Waals surface area contributed by atoms with Crippen molar-refractivity contribution in [2.75, 3.05) is 13.2 Å². The fraction of sp³-hybridized carbons (Fsp3) is 0.700. The third-order valence-electron chi connectivity index (χ3n) is 3.15. The Morgan fingerprint density at radius 3 is 2.88 bits per heavy atom. The third kappa shape index (κ3) is 1.69. The van der Waals surface area contributed by atoms with Crippen molar-refractivity contribution in [2.45, 2.75) is 31.6 Å². The fourth-order valence-corrected chi connectivity index (χ4v) is 1.93. The smallest absolute Gasteiger partial charge is 0.378 e. The largest absolute Gasteiger partial charge is 0.460 e. The molecule has 0 aromatic carbocycles. The lowest BCUT2D eigenvalue weighted by atomic mass is 9.68. The van der Waals surface area contributed by atoms with Gasteiger partial charge < -0.3 is 10.5 Å². The zero-order valence-corrected chi connectivity index (χ0v) is 9.32. The number of aromatic nitrogens is 3. The molecule has 0 radical (unpaired) electrons. The van der Waals surface area contributed by atoms with Crippen LogP contribution in [0.2, 0.25) is 0 Å². The summed E-state index contributed by atoms with van der Waals surface area (Å²) in [5, 5.41) is 6.66. The Labute approximate surface area is 93.6 Å². The van der Waals surface area contributed by atoms with Crippen molar-refractivity contribution in [3.63, 3.8) is 0 Å². The van der Waals surface area contributed by atoms with Gasteiger partial charge >= 0.3 is 5.97 Å². The molecule has 1 aliphatic carbocycles. The average Bonchev–Trinajstić information content (AvgIpc) is 2.67. The van der Waals surface area contributed by atoms with E-state index in [1.165, 1.54) is 0 Å². The fourth-order valence-electron chi connectivity index (χ4n) is 1.93. The molecule has 1 fully saturated rings. The Morgan fingerprint density at radius 2 is 2.38 bits per heavy atom. The molecule has 1 aromatic heterocycles. The van der Waals surface area contributed by atoms with Crippen LogP contribution in [0.25, 0.3) is 0 Å². The van der Waals surface area contributed by atoms with Crippen LogP contribution in [-0.2, 0) is 10.2 Å². The molecular formula is C10H16N4O2. The van der Waals surface area contributed by atoms with E-state index in [1.807, 2.05) is 0 Å². The summed E-state index contributed by atoms with van der Waals surface area (Å²) in [5.74, 6) is 0.317. The van der Waals surface area contributed by atoms with Gasteiger partial charge in [-0.2, -0.15) is 0 Å². The number of ether oxygens (including phenoxy) is 1. The highest BCUT2D eigenvalue weighted by Crippen LogP contribution is 2.40. The second kappa shape index (κ2) is 4.21. The first-order valence-corrected chi connectivity index (χ1v) is 5.52. The van der Waals surface area contributed by atoms with Crippen LogP contribution in [0, 0.1) is 0 Å². The number of H-pyrrole nitrogens is 1. The maximum Gasteiger partial charge on any atom is 0.378 e. The van der Waals surface area contributed by atoms with Crippen molar-refractivity contribution in [1.29, 1.82) is 0 Å². The van der Waals surface area contributed by atoms with E-state index < -0.39 is 5.97 Å². The van der Waals surface area contributed by atoms with Crippen LogP contribution in [0.1, 0.15) is 42.6 Å². The van der Waals surface area contributed by atoms with E-state index >= 15 is 0 Å². The molecule has 1 aliphatic rings. The quantitative estimate of drug-likeness (QED) is 0.720. The molecule has 1 aromatic rings. The Morgan fingerprint density at radius 1 is 1.62 bits per heavy atom. The van der Waals surface area contributed by atoms with Gasteiger partial charge in [0.05, 0.1) is 6.61 Å². The van der Waals surface area contributed by atoms with E-state index in [2.05, 4.69) is 15.2 Å². The van der Waals surface area contributed by atoms with Crippen molar-refractivity contribution in [3.8, 4) is 0 Å². The maximum absolute atomic E-state index is 11.4. The predicted molar refractivity (Wildman–Crippen MR) is 56.9 cm³/mol. The minimum Gasteiger partial charge on any atom is -0.460 e. The van der Waals surface area contributed by atoms with Crippen molar-refractivity contribution in [2.24, 2.45) is 5.73 Å². The number of carbonyl (C=O) groups excluding carboxylic acids is 1. The number of aromatic amines is 1. The first-order chi connectivity index (χ1) is 7.72. The molecule has 16 heavy (non-hydrogen) atoms. The van der Waals surface area contributed by atoms with Crippen LogP contribution in [0.4, 0.5) is 0 Å². The second-order valence-electron chi connectivity index (χ2n) is 4.07. The lowest BCUT2D eigenvalue weighted by molar-refractivity contribution is 0.0512. The van der Waals surface area contributed by atoms with Gasteiger partial charge in [-0.15, -0.1) is 5.10 Å². The van der Waals surface area contributed by atoms with E-state index in [1.54, 1.807) is 6.92 Å². The number of nitrogens with zero attached hydrogens (tertiary/aromatic N) is 2. The van der Waals surface area contributed by atoms with Gasteiger partial charge in [0.25, 0.3) is 5.82 Å². The first kappa shape index (κ1) is 11.1. The van der Waals surface area contributed by atoms with Crippen LogP contribution in [0.5, 0.6) is 0 Å². The molecule has 0 aliphatic heterocycles. The Kier molecular flexibility index (Phi) is 2.91. The van der Waals surface area contributed by atoms with E-state index in [4.69, 9.17) is 10.5 Å².